The Labute approximate surface area is 251 Å². The number of anilines is 1. The molecule has 13 heteroatoms. The smallest absolute Gasteiger partial charge is 0.349 e. The molecule has 226 valence electrons. The number of nitrogens with one attached hydrogen (secondary N) is 1. The quantitative estimate of drug-likeness (QED) is 0.517. The predicted molar refractivity (Wildman–Crippen MR) is 152 cm³/mol. The van der Waals surface area contributed by atoms with Crippen molar-refractivity contribution in [2.24, 2.45) is 0 Å². The summed E-state index contributed by atoms with van der Waals surface area (Å²) >= 11 is 5.80. The Morgan fingerprint density at radius 3 is 2.14 bits per heavy atom. The maximum atomic E-state index is 14.9. The van der Waals surface area contributed by atoms with Gasteiger partial charge >= 0.3 is 5.92 Å². The fourth-order valence-electron chi connectivity index (χ4n) is 6.42. The van der Waals surface area contributed by atoms with E-state index in [1.165, 1.54) is 29.2 Å². The van der Waals surface area contributed by atoms with Gasteiger partial charge in [-0.25, -0.2) is 0 Å². The molecule has 4 aliphatic heterocycles. The molecule has 0 radical (unpaired) electrons. The molecule has 0 spiro atoms. The van der Waals surface area contributed by atoms with Gasteiger partial charge in [0.15, 0.2) is 0 Å². The number of fused-ring (bicyclic) bond motifs is 1. The van der Waals surface area contributed by atoms with Crippen LogP contribution in [-0.4, -0.2) is 95.6 Å². The van der Waals surface area contributed by atoms with Crippen molar-refractivity contribution in [2.75, 3.05) is 44.2 Å². The number of carbonyl (C=O) groups is 5. The fourth-order valence-corrected chi connectivity index (χ4v) is 6.54. The molecule has 4 heterocycles. The molecule has 1 N–H and O–H groups in total. The second-order valence-electron chi connectivity index (χ2n) is 11.3. The minimum atomic E-state index is -3.63. The molecule has 43 heavy (non-hydrogen) atoms. The van der Waals surface area contributed by atoms with E-state index in [0.29, 0.717) is 31.2 Å². The van der Waals surface area contributed by atoms with Gasteiger partial charge in [0.2, 0.25) is 11.8 Å². The van der Waals surface area contributed by atoms with Gasteiger partial charge in [0.05, 0.1) is 11.1 Å². The first-order valence-electron chi connectivity index (χ1n) is 14.3. The molecule has 0 aliphatic carbocycles. The third kappa shape index (κ3) is 5.38. The largest absolute Gasteiger partial charge is 0.371 e. The number of nitrogens with zero attached hydrogens (tertiary/aromatic N) is 4. The molecule has 2 aromatic rings. The third-order valence-corrected chi connectivity index (χ3v) is 9.10. The summed E-state index contributed by atoms with van der Waals surface area (Å²) in [6.45, 7) is 2.81. The summed E-state index contributed by atoms with van der Waals surface area (Å²) in [5, 5.41) is 2.52. The van der Waals surface area contributed by atoms with Crippen molar-refractivity contribution in [1.82, 2.24) is 20.0 Å². The molecule has 0 aromatic heterocycles. The van der Waals surface area contributed by atoms with Crippen LogP contribution >= 0.6 is 11.6 Å². The number of hydrogen-bond acceptors (Lipinski definition) is 7. The number of carbonyl (C=O) groups excluding carboxylic acids is 5. The van der Waals surface area contributed by atoms with Crippen molar-refractivity contribution in [3.05, 3.63) is 64.2 Å². The first-order valence-corrected chi connectivity index (χ1v) is 14.7. The molecule has 4 aliphatic rings. The van der Waals surface area contributed by atoms with E-state index in [0.717, 1.165) is 23.4 Å². The Hall–Kier alpha value is -3.90. The van der Waals surface area contributed by atoms with Gasteiger partial charge in [-0.05, 0) is 49.6 Å². The minimum absolute atomic E-state index is 0.0608. The van der Waals surface area contributed by atoms with Crippen molar-refractivity contribution in [2.45, 2.75) is 43.7 Å². The summed E-state index contributed by atoms with van der Waals surface area (Å²) < 4.78 is 29.7. The molecule has 0 bridgehead atoms. The molecule has 10 nitrogen and oxygen atoms in total. The average Bonchev–Trinajstić information content (AvgIpc) is 3.26. The molecular weight excluding hydrogens is 584 g/mol. The van der Waals surface area contributed by atoms with Gasteiger partial charge in [0, 0.05) is 68.0 Å². The highest BCUT2D eigenvalue weighted by atomic mass is 35.5. The number of rotatable bonds is 5. The highest BCUT2D eigenvalue weighted by molar-refractivity contribution is 6.30. The van der Waals surface area contributed by atoms with Gasteiger partial charge in [-0.15, -0.1) is 0 Å². The van der Waals surface area contributed by atoms with Crippen LogP contribution in [0.4, 0.5) is 14.5 Å². The van der Waals surface area contributed by atoms with Crippen LogP contribution in [0.3, 0.4) is 0 Å². The predicted octanol–water partition coefficient (Wildman–Crippen LogP) is 2.65. The zero-order valence-electron chi connectivity index (χ0n) is 23.2. The summed E-state index contributed by atoms with van der Waals surface area (Å²) in [5.74, 6) is -6.98. The fraction of sp³-hybridized carbons (Fsp3) is 0.433. The second kappa shape index (κ2) is 11.3. The lowest BCUT2D eigenvalue weighted by atomic mass is 10.0. The number of halogens is 3. The van der Waals surface area contributed by atoms with Crippen LogP contribution in [0.25, 0.3) is 0 Å². The van der Waals surface area contributed by atoms with Crippen molar-refractivity contribution in [1.29, 1.82) is 0 Å². The summed E-state index contributed by atoms with van der Waals surface area (Å²) in [6, 6.07) is 9.35. The monoisotopic (exact) mass is 613 g/mol. The highest BCUT2D eigenvalue weighted by Gasteiger charge is 2.46. The van der Waals surface area contributed by atoms with Gasteiger partial charge in [-0.1, -0.05) is 23.7 Å². The Bertz CT molecular complexity index is 1490. The SMILES string of the molecule is O=C1CCC(N2C(=O)c3ccc(N4CCC(N5CCN(C(=O)C(F)(F)c6ccc(Cl)cc6)CC5)CC4)cc3C2=O)C(=O)N1. The standard InChI is InChI=1S/C30H30ClF2N5O5/c31-19-3-1-18(2-4-19)30(32,33)29(43)37-15-13-36(14-16-37)20-9-11-35(12-10-20)21-5-6-22-23(17-21)28(42)38(27(22)41)24-7-8-25(39)34-26(24)40/h1-6,17,20,24H,7-16H2,(H,34,39,40). The van der Waals surface area contributed by atoms with Gasteiger partial charge in [0.1, 0.15) is 6.04 Å². The first kappa shape index (κ1) is 29.2. The van der Waals surface area contributed by atoms with E-state index >= 15 is 0 Å². The molecular formula is C30H30ClF2N5O5. The number of imide groups is 2. The van der Waals surface area contributed by atoms with Crippen LogP contribution in [0.2, 0.25) is 5.02 Å². The number of benzene rings is 2. The van der Waals surface area contributed by atoms with Crippen molar-refractivity contribution in [3.63, 3.8) is 0 Å². The second-order valence-corrected chi connectivity index (χ2v) is 11.7. The maximum absolute atomic E-state index is 14.9. The maximum Gasteiger partial charge on any atom is 0.349 e. The van der Waals surface area contributed by atoms with Crippen molar-refractivity contribution >= 4 is 46.8 Å². The molecule has 1 unspecified atom stereocenters. The Morgan fingerprint density at radius 1 is 0.837 bits per heavy atom. The summed E-state index contributed by atoms with van der Waals surface area (Å²) in [6.07, 6.45) is 1.78. The van der Waals surface area contributed by atoms with E-state index in [4.69, 9.17) is 11.6 Å². The van der Waals surface area contributed by atoms with E-state index in [1.54, 1.807) is 18.2 Å². The van der Waals surface area contributed by atoms with Crippen LogP contribution < -0.4 is 10.2 Å². The van der Waals surface area contributed by atoms with Crippen LogP contribution in [0, 0.1) is 0 Å². The molecule has 6 rings (SSSR count). The number of alkyl halides is 2. The molecule has 1 atom stereocenters. The van der Waals surface area contributed by atoms with Gasteiger partial charge < -0.3 is 9.80 Å². The van der Waals surface area contributed by atoms with Crippen LogP contribution in [-0.2, 0) is 20.3 Å². The van der Waals surface area contributed by atoms with Crippen molar-refractivity contribution < 1.29 is 32.8 Å². The normalized spacial score (nSPS) is 22.2. The van der Waals surface area contributed by atoms with E-state index in [-0.39, 0.29) is 48.7 Å². The lowest BCUT2D eigenvalue weighted by Gasteiger charge is -2.43. The highest BCUT2D eigenvalue weighted by Crippen LogP contribution is 2.34. The van der Waals surface area contributed by atoms with E-state index in [2.05, 4.69) is 15.1 Å². The van der Waals surface area contributed by atoms with E-state index < -0.39 is 41.5 Å². The molecule has 0 saturated carbocycles. The number of piperidine rings is 2. The first-order chi connectivity index (χ1) is 20.5. The molecule has 2 aromatic carbocycles. The van der Waals surface area contributed by atoms with Gasteiger partial charge in [-0.2, -0.15) is 8.78 Å². The minimum Gasteiger partial charge on any atom is -0.371 e. The zero-order chi connectivity index (χ0) is 30.5. The lowest BCUT2D eigenvalue weighted by molar-refractivity contribution is -0.161. The van der Waals surface area contributed by atoms with Gasteiger partial charge in [0.25, 0.3) is 17.7 Å². The van der Waals surface area contributed by atoms with Crippen LogP contribution in [0.1, 0.15) is 52.0 Å². The summed E-state index contributed by atoms with van der Waals surface area (Å²) in [7, 11) is 0. The number of hydrogen-bond donors (Lipinski definition) is 1. The Morgan fingerprint density at radius 2 is 1.49 bits per heavy atom. The molecule has 3 fully saturated rings. The zero-order valence-corrected chi connectivity index (χ0v) is 24.0. The van der Waals surface area contributed by atoms with E-state index in [9.17, 15) is 32.8 Å². The summed E-state index contributed by atoms with van der Waals surface area (Å²) in [4.78, 5) is 69.3. The summed E-state index contributed by atoms with van der Waals surface area (Å²) in [5.41, 5.74) is 0.897. The lowest BCUT2D eigenvalue weighted by Crippen LogP contribution is -2.56. The molecule has 5 amide bonds. The van der Waals surface area contributed by atoms with Crippen LogP contribution in [0.15, 0.2) is 42.5 Å². The van der Waals surface area contributed by atoms with Gasteiger partial charge in [-0.3, -0.25) is 39.1 Å². The number of piperazine rings is 1. The Balaban J connectivity index is 1.04. The third-order valence-electron chi connectivity index (χ3n) is 8.85. The van der Waals surface area contributed by atoms with Crippen molar-refractivity contribution in [3.8, 4) is 0 Å². The molecule has 3 saturated heterocycles. The van der Waals surface area contributed by atoms with Crippen LogP contribution in [0.5, 0.6) is 0 Å². The Kier molecular flexibility index (Phi) is 7.67. The number of amides is 5. The van der Waals surface area contributed by atoms with E-state index in [1.807, 2.05) is 0 Å². The average molecular weight is 614 g/mol. The topological polar surface area (TPSA) is 110 Å².